The van der Waals surface area contributed by atoms with Gasteiger partial charge in [-0.1, -0.05) is 0 Å². The molecule has 18 heavy (non-hydrogen) atoms. The first-order chi connectivity index (χ1) is 8.79. The molecule has 0 atom stereocenters. The summed E-state index contributed by atoms with van der Waals surface area (Å²) in [7, 11) is 0. The fourth-order valence-corrected chi connectivity index (χ4v) is 1.74. The number of fused-ring (bicyclic) bond motifs is 1. The van der Waals surface area contributed by atoms with Gasteiger partial charge < -0.3 is 0 Å². The molecule has 7 nitrogen and oxygen atoms in total. The Kier molecular flexibility index (Phi) is 2.47. The van der Waals surface area contributed by atoms with Gasteiger partial charge in [-0.25, -0.2) is 19.7 Å². The van der Waals surface area contributed by atoms with Gasteiger partial charge in [-0.05, 0) is 6.92 Å². The predicted octanol–water partition coefficient (Wildman–Crippen LogP) is 0.0788. The Morgan fingerprint density at radius 1 is 1.28 bits per heavy atom. The maximum absolute atomic E-state index is 8.98. The van der Waals surface area contributed by atoms with Crippen LogP contribution in [0.2, 0.25) is 0 Å². The third kappa shape index (κ3) is 1.62. The molecule has 0 radical (unpaired) electrons. The Morgan fingerprint density at radius 3 is 2.94 bits per heavy atom. The number of aromatic nitrogens is 5. The van der Waals surface area contributed by atoms with Crippen LogP contribution in [0.4, 0.5) is 5.69 Å². The summed E-state index contributed by atoms with van der Waals surface area (Å²) in [5, 5.41) is 13.2. The average Bonchev–Trinajstić information content (AvgIpc) is 2.82. The normalized spacial score (nSPS) is 11.0. The molecule has 0 aliphatic rings. The molecule has 0 spiro atoms. The largest absolute Gasteiger partial charge is 0.261 e. The molecule has 0 aliphatic heterocycles. The van der Waals surface area contributed by atoms with Gasteiger partial charge >= 0.3 is 0 Å². The zero-order valence-electron chi connectivity index (χ0n) is 9.65. The lowest BCUT2D eigenvalue weighted by molar-refractivity contribution is -0.826. The molecule has 0 unspecified atom stereocenters. The summed E-state index contributed by atoms with van der Waals surface area (Å²) >= 11 is 0. The molecule has 3 aromatic rings. The van der Waals surface area contributed by atoms with Crippen LogP contribution in [0.5, 0.6) is 0 Å². The number of quaternary nitrogens is 1. The van der Waals surface area contributed by atoms with E-state index >= 15 is 0 Å². The highest BCUT2D eigenvalue weighted by Gasteiger charge is 2.12. The summed E-state index contributed by atoms with van der Waals surface area (Å²) in [6.45, 7) is 1.82. The second-order valence-electron chi connectivity index (χ2n) is 3.83. The third-order valence-corrected chi connectivity index (χ3v) is 2.72. The van der Waals surface area contributed by atoms with Crippen LogP contribution < -0.4 is 5.48 Å². The van der Waals surface area contributed by atoms with Crippen molar-refractivity contribution in [1.29, 1.82) is 0 Å². The van der Waals surface area contributed by atoms with E-state index in [9.17, 15) is 0 Å². The Bertz CT molecular complexity index is 708. The highest BCUT2D eigenvalue weighted by Crippen LogP contribution is 2.21. The van der Waals surface area contributed by atoms with Crippen LogP contribution in [0, 0.1) is 6.92 Å². The van der Waals surface area contributed by atoms with E-state index in [1.54, 1.807) is 35.5 Å². The molecule has 7 heteroatoms. The Morgan fingerprint density at radius 2 is 2.17 bits per heavy atom. The zero-order chi connectivity index (χ0) is 12.5. The Hall–Kier alpha value is -2.38. The van der Waals surface area contributed by atoms with Crippen LogP contribution in [0.15, 0.2) is 31.0 Å². The van der Waals surface area contributed by atoms with Gasteiger partial charge in [-0.15, -0.1) is 0 Å². The number of rotatable bonds is 2. The number of hydrogen-bond acceptors (Lipinski definition) is 5. The fourth-order valence-electron chi connectivity index (χ4n) is 1.74. The van der Waals surface area contributed by atoms with Gasteiger partial charge in [0.2, 0.25) is 5.69 Å². The van der Waals surface area contributed by atoms with Crippen molar-refractivity contribution in [2.75, 3.05) is 0 Å². The van der Waals surface area contributed by atoms with Gasteiger partial charge in [-0.2, -0.15) is 10.6 Å². The monoisotopic (exact) mass is 243 g/mol. The van der Waals surface area contributed by atoms with Crippen LogP contribution in [-0.4, -0.2) is 29.8 Å². The molecule has 0 aliphatic carbocycles. The first-order valence-corrected chi connectivity index (χ1v) is 5.38. The zero-order valence-corrected chi connectivity index (χ0v) is 9.65. The van der Waals surface area contributed by atoms with Crippen LogP contribution in [0.25, 0.3) is 16.9 Å². The molecule has 90 valence electrons. The van der Waals surface area contributed by atoms with Crippen molar-refractivity contribution in [3.63, 3.8) is 0 Å². The van der Waals surface area contributed by atoms with Crippen molar-refractivity contribution in [2.45, 2.75) is 6.92 Å². The quantitative estimate of drug-likeness (QED) is 0.622. The number of nitrogens with zero attached hydrogens (tertiary/aromatic N) is 5. The van der Waals surface area contributed by atoms with Crippen molar-refractivity contribution in [1.82, 2.24) is 24.6 Å². The molecular weight excluding hydrogens is 232 g/mol. The predicted molar refractivity (Wildman–Crippen MR) is 62.1 cm³/mol. The van der Waals surface area contributed by atoms with E-state index in [-0.39, 0.29) is 0 Å². The first-order valence-electron chi connectivity index (χ1n) is 5.38. The molecule has 0 fully saturated rings. The van der Waals surface area contributed by atoms with E-state index < -0.39 is 0 Å². The minimum Gasteiger partial charge on any atom is -0.261 e. The minimum atomic E-state index is 0.570. The van der Waals surface area contributed by atoms with Crippen molar-refractivity contribution in [3.05, 3.63) is 36.7 Å². The van der Waals surface area contributed by atoms with Crippen molar-refractivity contribution in [2.24, 2.45) is 0 Å². The smallest absolute Gasteiger partial charge is 0.201 e. The molecule has 0 aromatic carbocycles. The molecular formula is C11H11N6O+. The summed E-state index contributed by atoms with van der Waals surface area (Å²) in [5.74, 6) is 0.570. The standard InChI is InChI=1S/C11H10N6O/c1-7-9(16-18)5-13-11(15-7)8-4-14-17-3-2-12-6-10(8)17/h2-6,16,18H,1H3/p+1. The van der Waals surface area contributed by atoms with Gasteiger partial charge in [0.1, 0.15) is 5.69 Å². The number of aryl methyl sites for hydroxylation is 1. The fraction of sp³-hybridized carbons (Fsp3) is 0.0909. The van der Waals surface area contributed by atoms with Crippen molar-refractivity contribution >= 4 is 11.2 Å². The Balaban J connectivity index is 2.17. The number of nitrogens with two attached hydrogens (primary N) is 1. The van der Waals surface area contributed by atoms with Crippen LogP contribution in [-0.2, 0) is 0 Å². The summed E-state index contributed by atoms with van der Waals surface area (Å²) < 4.78 is 1.72. The SMILES string of the molecule is Cc1nc(-c2cnn3ccncc23)ncc1[NH2+]O. The van der Waals surface area contributed by atoms with Gasteiger partial charge in [0, 0.05) is 12.4 Å². The second kappa shape index (κ2) is 4.13. The molecule has 0 amide bonds. The molecule has 3 aromatic heterocycles. The molecule has 0 saturated heterocycles. The van der Waals surface area contributed by atoms with E-state index in [2.05, 4.69) is 20.1 Å². The molecule has 3 heterocycles. The third-order valence-electron chi connectivity index (χ3n) is 2.72. The van der Waals surface area contributed by atoms with Crippen LogP contribution in [0.3, 0.4) is 0 Å². The molecule has 3 N–H and O–H groups in total. The summed E-state index contributed by atoms with van der Waals surface area (Å²) in [4.78, 5) is 12.6. The lowest BCUT2D eigenvalue weighted by Crippen LogP contribution is -2.74. The highest BCUT2D eigenvalue weighted by molar-refractivity contribution is 5.74. The minimum absolute atomic E-state index is 0.570. The van der Waals surface area contributed by atoms with Gasteiger partial charge in [-0.3, -0.25) is 4.98 Å². The lowest BCUT2D eigenvalue weighted by atomic mass is 10.2. The topological polar surface area (TPSA) is 92.8 Å². The molecule has 3 rings (SSSR count). The Labute approximate surface area is 102 Å². The van der Waals surface area contributed by atoms with E-state index in [1.807, 2.05) is 6.92 Å². The van der Waals surface area contributed by atoms with Gasteiger partial charge in [0.05, 0.1) is 29.7 Å². The second-order valence-corrected chi connectivity index (χ2v) is 3.83. The summed E-state index contributed by atoms with van der Waals surface area (Å²) in [6.07, 6.45) is 8.43. The maximum Gasteiger partial charge on any atom is 0.201 e. The number of hydrogen-bond donors (Lipinski definition) is 2. The lowest BCUT2D eigenvalue weighted by Gasteiger charge is -2.01. The summed E-state index contributed by atoms with van der Waals surface area (Å²) in [5.41, 5.74) is 3.98. The maximum atomic E-state index is 8.98. The van der Waals surface area contributed by atoms with Gasteiger partial charge in [0.25, 0.3) is 0 Å². The van der Waals surface area contributed by atoms with Crippen LogP contribution in [0.1, 0.15) is 5.69 Å². The van der Waals surface area contributed by atoms with E-state index in [0.29, 0.717) is 17.2 Å². The average molecular weight is 243 g/mol. The first kappa shape index (κ1) is 10.8. The van der Waals surface area contributed by atoms with Crippen LogP contribution >= 0.6 is 0 Å². The van der Waals surface area contributed by atoms with E-state index in [1.165, 1.54) is 0 Å². The van der Waals surface area contributed by atoms with E-state index in [0.717, 1.165) is 16.6 Å². The molecule has 0 saturated carbocycles. The highest BCUT2D eigenvalue weighted by atomic mass is 16.5. The van der Waals surface area contributed by atoms with E-state index in [4.69, 9.17) is 5.21 Å². The van der Waals surface area contributed by atoms with Crippen molar-refractivity contribution in [3.8, 4) is 11.4 Å². The summed E-state index contributed by atoms with van der Waals surface area (Å²) in [6, 6.07) is 0. The van der Waals surface area contributed by atoms with Crippen molar-refractivity contribution < 1.29 is 10.7 Å². The molecule has 0 bridgehead atoms. The van der Waals surface area contributed by atoms with Gasteiger partial charge in [0.15, 0.2) is 5.82 Å².